The summed E-state index contributed by atoms with van der Waals surface area (Å²) < 4.78 is 13.2. The van der Waals surface area contributed by atoms with Crippen LogP contribution in [0.2, 0.25) is 0 Å². The van der Waals surface area contributed by atoms with Crippen molar-refractivity contribution in [3.8, 4) is 11.5 Å². The van der Waals surface area contributed by atoms with Crippen molar-refractivity contribution >= 4 is 49.0 Å². The molecule has 196 valence electrons. The summed E-state index contributed by atoms with van der Waals surface area (Å²) in [7, 11) is 5.46. The van der Waals surface area contributed by atoms with Gasteiger partial charge in [-0.1, -0.05) is 37.1 Å². The Morgan fingerprint density at radius 1 is 1.09 bits per heavy atom. The average molecular weight is 556 g/mol. The van der Waals surface area contributed by atoms with Gasteiger partial charge in [0.25, 0.3) is 0 Å². The molecule has 1 aromatic carbocycles. The number of methoxy groups -OCH3 is 2. The molecular weight excluding hydrogens is 515 g/mol. The van der Waals surface area contributed by atoms with Gasteiger partial charge in [0.15, 0.2) is 16.7 Å². The predicted octanol–water partition coefficient (Wildman–Crippen LogP) is 5.39. The minimum absolute atomic E-state index is 0. The molecule has 34 heavy (non-hydrogen) atoms. The predicted molar refractivity (Wildman–Crippen MR) is 150 cm³/mol. The van der Waals surface area contributed by atoms with Gasteiger partial charge in [0.05, 0.1) is 14.2 Å². The van der Waals surface area contributed by atoms with Gasteiger partial charge >= 0.3 is 0 Å². The third kappa shape index (κ3) is 8.99. The largest absolute Gasteiger partial charge is 0.493 e. The molecule has 0 amide bonds. The molecule has 0 radical (unpaired) electrons. The molecular formula is C24H41Cl3N4O2S. The fourth-order valence-electron chi connectivity index (χ4n) is 4.52. The molecule has 2 atom stereocenters. The second kappa shape index (κ2) is 17.6. The SMILES string of the molecule is COc1ccc2c(c1OC)CCC(N)C2CCCCCCNCCSc1nccn1C.Cl.Cl.Cl. The molecule has 0 fully saturated rings. The summed E-state index contributed by atoms with van der Waals surface area (Å²) in [6.07, 6.45) is 11.9. The highest BCUT2D eigenvalue weighted by Crippen LogP contribution is 2.43. The van der Waals surface area contributed by atoms with Crippen LogP contribution in [0.25, 0.3) is 0 Å². The Morgan fingerprint density at radius 2 is 1.85 bits per heavy atom. The van der Waals surface area contributed by atoms with Crippen molar-refractivity contribution in [1.29, 1.82) is 0 Å². The first-order chi connectivity index (χ1) is 15.2. The summed E-state index contributed by atoms with van der Waals surface area (Å²) in [5.41, 5.74) is 9.18. The van der Waals surface area contributed by atoms with E-state index in [1.807, 2.05) is 25.5 Å². The molecule has 0 aliphatic heterocycles. The first-order valence-electron chi connectivity index (χ1n) is 11.5. The molecule has 0 saturated heterocycles. The lowest BCUT2D eigenvalue weighted by Gasteiger charge is -2.32. The van der Waals surface area contributed by atoms with Crippen LogP contribution < -0.4 is 20.5 Å². The number of benzene rings is 1. The summed E-state index contributed by atoms with van der Waals surface area (Å²) in [5, 5.41) is 4.63. The van der Waals surface area contributed by atoms with Crippen molar-refractivity contribution < 1.29 is 9.47 Å². The minimum Gasteiger partial charge on any atom is -0.493 e. The second-order valence-electron chi connectivity index (χ2n) is 8.30. The van der Waals surface area contributed by atoms with Crippen LogP contribution in [0.1, 0.15) is 55.6 Å². The molecule has 1 aliphatic carbocycles. The summed E-state index contributed by atoms with van der Waals surface area (Å²) in [6, 6.07) is 4.47. The minimum atomic E-state index is 0. The van der Waals surface area contributed by atoms with Gasteiger partial charge in [-0.25, -0.2) is 4.98 Å². The highest BCUT2D eigenvalue weighted by Gasteiger charge is 2.29. The number of unbranched alkanes of at least 4 members (excludes halogenated alkanes) is 3. The number of aromatic nitrogens is 2. The molecule has 1 aromatic heterocycles. The fraction of sp³-hybridized carbons (Fsp3) is 0.625. The number of hydrogen-bond acceptors (Lipinski definition) is 6. The molecule has 0 saturated carbocycles. The second-order valence-corrected chi connectivity index (χ2v) is 9.36. The van der Waals surface area contributed by atoms with Gasteiger partial charge in [0.2, 0.25) is 0 Å². The third-order valence-electron chi connectivity index (χ3n) is 6.23. The van der Waals surface area contributed by atoms with Gasteiger partial charge in [-0.05, 0) is 49.8 Å². The Hall–Kier alpha value is -0.830. The van der Waals surface area contributed by atoms with E-state index in [2.05, 4.69) is 20.9 Å². The Bertz CT molecular complexity index is 826. The number of fused-ring (bicyclic) bond motifs is 1. The zero-order valence-corrected chi connectivity index (χ0v) is 23.7. The maximum Gasteiger partial charge on any atom is 0.167 e. The quantitative estimate of drug-likeness (QED) is 0.255. The molecule has 2 unspecified atom stereocenters. The van der Waals surface area contributed by atoms with Crippen LogP contribution in [0.15, 0.2) is 29.7 Å². The topological polar surface area (TPSA) is 74.3 Å². The van der Waals surface area contributed by atoms with Crippen LogP contribution in [-0.2, 0) is 13.5 Å². The third-order valence-corrected chi connectivity index (χ3v) is 7.29. The van der Waals surface area contributed by atoms with Gasteiger partial charge < -0.3 is 25.1 Å². The lowest BCUT2D eigenvalue weighted by Crippen LogP contribution is -2.33. The number of nitrogens with two attached hydrogens (primary N) is 1. The Kier molecular flexibility index (Phi) is 17.1. The number of nitrogens with zero attached hydrogens (tertiary/aromatic N) is 2. The van der Waals surface area contributed by atoms with Crippen LogP contribution in [-0.4, -0.2) is 48.7 Å². The summed E-state index contributed by atoms with van der Waals surface area (Å²) >= 11 is 1.80. The Labute approximate surface area is 227 Å². The van der Waals surface area contributed by atoms with Crippen molar-refractivity contribution in [2.75, 3.05) is 33.1 Å². The van der Waals surface area contributed by atoms with E-state index in [1.54, 1.807) is 26.0 Å². The molecule has 1 heterocycles. The highest BCUT2D eigenvalue weighted by molar-refractivity contribution is 7.99. The lowest BCUT2D eigenvalue weighted by molar-refractivity contribution is 0.343. The standard InChI is InChI=1S/C24H38N4O2S.3ClH/c1-28-16-14-27-24(28)31-17-15-26-13-7-5-4-6-8-19-18-10-12-22(29-2)23(30-3)20(18)9-11-21(19)25;;;/h10,12,14,16,19,21,26H,4-9,11,13,15,17,25H2,1-3H3;3*1H. The normalized spacial score (nSPS) is 16.5. The molecule has 0 bridgehead atoms. The van der Waals surface area contributed by atoms with E-state index in [0.29, 0.717) is 5.92 Å². The zero-order chi connectivity index (χ0) is 22.1. The summed E-state index contributed by atoms with van der Waals surface area (Å²) in [4.78, 5) is 4.34. The van der Waals surface area contributed by atoms with Crippen LogP contribution in [0.5, 0.6) is 11.5 Å². The van der Waals surface area contributed by atoms with Crippen LogP contribution >= 0.6 is 49.0 Å². The number of halogens is 3. The van der Waals surface area contributed by atoms with Gasteiger partial charge in [0, 0.05) is 43.3 Å². The fourth-order valence-corrected chi connectivity index (χ4v) is 5.35. The van der Waals surface area contributed by atoms with E-state index >= 15 is 0 Å². The van der Waals surface area contributed by atoms with Gasteiger partial charge in [-0.3, -0.25) is 0 Å². The molecule has 6 nitrogen and oxygen atoms in total. The van der Waals surface area contributed by atoms with E-state index < -0.39 is 0 Å². The first kappa shape index (κ1) is 33.2. The van der Waals surface area contributed by atoms with Crippen molar-refractivity contribution in [1.82, 2.24) is 14.9 Å². The average Bonchev–Trinajstić information content (AvgIpc) is 3.19. The molecule has 2 aromatic rings. The number of ether oxygens (including phenoxy) is 2. The van der Waals surface area contributed by atoms with E-state index in [-0.39, 0.29) is 43.3 Å². The number of thioether (sulfide) groups is 1. The lowest BCUT2D eigenvalue weighted by atomic mass is 9.76. The number of rotatable bonds is 13. The maximum atomic E-state index is 6.52. The number of imidazole rings is 1. The van der Waals surface area contributed by atoms with Crippen LogP contribution in [0.4, 0.5) is 0 Å². The summed E-state index contributed by atoms with van der Waals surface area (Å²) in [6.45, 7) is 2.11. The van der Waals surface area contributed by atoms with Crippen molar-refractivity contribution in [2.24, 2.45) is 12.8 Å². The molecule has 1 aliphatic rings. The zero-order valence-electron chi connectivity index (χ0n) is 20.5. The van der Waals surface area contributed by atoms with Crippen LogP contribution in [0.3, 0.4) is 0 Å². The van der Waals surface area contributed by atoms with Gasteiger partial charge in [0.1, 0.15) is 0 Å². The number of hydrogen-bond donors (Lipinski definition) is 2. The smallest absolute Gasteiger partial charge is 0.167 e. The van der Waals surface area contributed by atoms with Crippen LogP contribution in [0, 0.1) is 0 Å². The van der Waals surface area contributed by atoms with Gasteiger partial charge in [-0.2, -0.15) is 0 Å². The summed E-state index contributed by atoms with van der Waals surface area (Å²) in [5.74, 6) is 3.19. The monoisotopic (exact) mass is 554 g/mol. The highest BCUT2D eigenvalue weighted by atomic mass is 35.5. The molecule has 0 spiro atoms. The first-order valence-corrected chi connectivity index (χ1v) is 12.4. The number of aryl methyl sites for hydroxylation is 1. The Balaban J connectivity index is 0.00000363. The van der Waals surface area contributed by atoms with Crippen molar-refractivity contribution in [3.63, 3.8) is 0 Å². The van der Waals surface area contributed by atoms with Gasteiger partial charge in [-0.15, -0.1) is 37.2 Å². The Morgan fingerprint density at radius 3 is 2.53 bits per heavy atom. The van der Waals surface area contributed by atoms with E-state index in [4.69, 9.17) is 15.2 Å². The van der Waals surface area contributed by atoms with Crippen molar-refractivity contribution in [2.45, 2.75) is 62.1 Å². The van der Waals surface area contributed by atoms with E-state index in [1.165, 1.54) is 36.8 Å². The maximum absolute atomic E-state index is 6.52. The van der Waals surface area contributed by atoms with E-state index in [9.17, 15) is 0 Å². The van der Waals surface area contributed by atoms with E-state index in [0.717, 1.165) is 54.8 Å². The molecule has 3 N–H and O–H groups in total. The number of nitrogens with one attached hydrogen (secondary N) is 1. The molecule has 3 rings (SSSR count). The van der Waals surface area contributed by atoms with Crippen molar-refractivity contribution in [3.05, 3.63) is 35.7 Å². The molecule has 10 heteroatoms.